The van der Waals surface area contributed by atoms with Gasteiger partial charge in [0.15, 0.2) is 0 Å². The topological polar surface area (TPSA) is 55.6 Å². The Morgan fingerprint density at radius 1 is 1.33 bits per heavy atom. The molecule has 2 aliphatic rings. The Bertz CT molecular complexity index is 746. The molecule has 0 bridgehead atoms. The highest BCUT2D eigenvalue weighted by atomic mass is 16.5. The molecule has 5 heteroatoms. The van der Waals surface area contributed by atoms with Gasteiger partial charge in [-0.1, -0.05) is 28.9 Å². The van der Waals surface area contributed by atoms with Gasteiger partial charge in [0, 0.05) is 31.7 Å². The van der Waals surface area contributed by atoms with E-state index in [9.17, 15) is 4.79 Å². The standard InChI is InChI=1S/C19H22N2O3/c1-13-3-4-15-14(11-13)17(23-2)12-19(15)6-9-21(10-7-19)18(22)16-5-8-20-24-16/h3-5,8,11,17H,6-7,9-10,12H2,1-2H3/t17-/m0/s1. The van der Waals surface area contributed by atoms with Gasteiger partial charge in [-0.25, -0.2) is 0 Å². The van der Waals surface area contributed by atoms with Crippen LogP contribution < -0.4 is 0 Å². The minimum absolute atomic E-state index is 0.0623. The first-order valence-electron chi connectivity index (χ1n) is 8.47. The lowest BCUT2D eigenvalue weighted by atomic mass is 9.73. The van der Waals surface area contributed by atoms with Crippen LogP contribution in [0.25, 0.3) is 0 Å². The Labute approximate surface area is 141 Å². The van der Waals surface area contributed by atoms with Gasteiger partial charge in [-0.2, -0.15) is 0 Å². The van der Waals surface area contributed by atoms with E-state index in [1.165, 1.54) is 22.9 Å². The number of carbonyl (C=O) groups is 1. The lowest BCUT2D eigenvalue weighted by molar-refractivity contribution is 0.0530. The van der Waals surface area contributed by atoms with Crippen molar-refractivity contribution in [1.82, 2.24) is 10.1 Å². The minimum atomic E-state index is -0.0623. The van der Waals surface area contributed by atoms with Crippen LogP contribution in [0.4, 0.5) is 0 Å². The lowest BCUT2D eigenvalue weighted by Gasteiger charge is -2.40. The van der Waals surface area contributed by atoms with Gasteiger partial charge in [0.05, 0.1) is 12.3 Å². The number of amides is 1. The Kier molecular flexibility index (Phi) is 3.68. The van der Waals surface area contributed by atoms with Crippen LogP contribution in [0.2, 0.25) is 0 Å². The summed E-state index contributed by atoms with van der Waals surface area (Å²) < 4.78 is 10.8. The third-order valence-corrected chi connectivity index (χ3v) is 5.64. The molecule has 1 saturated heterocycles. The van der Waals surface area contributed by atoms with Gasteiger partial charge in [0.1, 0.15) is 0 Å². The molecular formula is C19H22N2O3. The molecule has 1 amide bonds. The number of benzene rings is 1. The first kappa shape index (κ1) is 15.4. The predicted molar refractivity (Wildman–Crippen MR) is 88.9 cm³/mol. The second-order valence-electron chi connectivity index (χ2n) is 6.97. The molecule has 1 aliphatic carbocycles. The Hall–Kier alpha value is -2.14. The molecule has 0 radical (unpaired) electrons. The van der Waals surface area contributed by atoms with Crippen LogP contribution in [0.5, 0.6) is 0 Å². The average molecular weight is 326 g/mol. The highest BCUT2D eigenvalue weighted by Gasteiger charge is 2.46. The van der Waals surface area contributed by atoms with E-state index in [4.69, 9.17) is 9.26 Å². The van der Waals surface area contributed by atoms with Crippen molar-refractivity contribution >= 4 is 5.91 Å². The fraction of sp³-hybridized carbons (Fsp3) is 0.474. The van der Waals surface area contributed by atoms with Crippen LogP contribution in [-0.2, 0) is 10.2 Å². The van der Waals surface area contributed by atoms with Gasteiger partial charge >= 0.3 is 0 Å². The maximum atomic E-state index is 12.4. The van der Waals surface area contributed by atoms with Crippen LogP contribution in [0, 0.1) is 6.92 Å². The number of aryl methyl sites for hydroxylation is 1. The molecule has 4 rings (SSSR count). The molecule has 0 saturated carbocycles. The smallest absolute Gasteiger partial charge is 0.292 e. The largest absolute Gasteiger partial charge is 0.377 e. The SMILES string of the molecule is CO[C@H]1CC2(CCN(C(=O)c3ccno3)CC2)c2ccc(C)cc21. The summed E-state index contributed by atoms with van der Waals surface area (Å²) in [6.45, 7) is 3.60. The number of fused-ring (bicyclic) bond motifs is 2. The van der Waals surface area contributed by atoms with Crippen LogP contribution >= 0.6 is 0 Å². The van der Waals surface area contributed by atoms with E-state index in [2.05, 4.69) is 30.3 Å². The van der Waals surface area contributed by atoms with E-state index in [0.29, 0.717) is 5.76 Å². The monoisotopic (exact) mass is 326 g/mol. The fourth-order valence-corrected chi connectivity index (χ4v) is 4.31. The zero-order valence-corrected chi connectivity index (χ0v) is 14.1. The Morgan fingerprint density at radius 3 is 2.79 bits per heavy atom. The third kappa shape index (κ3) is 2.35. The number of piperidine rings is 1. The Balaban J connectivity index is 1.56. The molecule has 2 aromatic rings. The summed E-state index contributed by atoms with van der Waals surface area (Å²) in [5.41, 5.74) is 4.13. The molecule has 0 N–H and O–H groups in total. The van der Waals surface area contributed by atoms with Crippen LogP contribution in [-0.4, -0.2) is 36.2 Å². The van der Waals surface area contributed by atoms with Crippen molar-refractivity contribution in [2.75, 3.05) is 20.2 Å². The van der Waals surface area contributed by atoms with Crippen LogP contribution in [0.3, 0.4) is 0 Å². The zero-order chi connectivity index (χ0) is 16.7. The summed E-state index contributed by atoms with van der Waals surface area (Å²) in [6, 6.07) is 8.33. The van der Waals surface area contributed by atoms with E-state index < -0.39 is 0 Å². The highest BCUT2D eigenvalue weighted by Crippen LogP contribution is 2.52. The van der Waals surface area contributed by atoms with Crippen molar-refractivity contribution in [3.63, 3.8) is 0 Å². The normalized spacial score (nSPS) is 21.9. The van der Waals surface area contributed by atoms with Crippen LogP contribution in [0.1, 0.15) is 52.6 Å². The molecule has 0 unspecified atom stereocenters. The predicted octanol–water partition coefficient (Wildman–Crippen LogP) is 3.25. The number of carbonyl (C=O) groups excluding carboxylic acids is 1. The molecule has 126 valence electrons. The molecule has 1 aromatic heterocycles. The van der Waals surface area contributed by atoms with E-state index in [1.807, 2.05) is 4.90 Å². The van der Waals surface area contributed by atoms with E-state index in [-0.39, 0.29) is 17.4 Å². The van der Waals surface area contributed by atoms with Gasteiger partial charge in [-0.3, -0.25) is 4.79 Å². The summed E-state index contributed by atoms with van der Waals surface area (Å²) in [5, 5.41) is 3.63. The van der Waals surface area contributed by atoms with Gasteiger partial charge in [-0.05, 0) is 37.3 Å². The number of methoxy groups -OCH3 is 1. The maximum Gasteiger partial charge on any atom is 0.292 e. The third-order valence-electron chi connectivity index (χ3n) is 5.64. The summed E-state index contributed by atoms with van der Waals surface area (Å²) >= 11 is 0. The van der Waals surface area contributed by atoms with Crippen molar-refractivity contribution in [1.29, 1.82) is 0 Å². The number of nitrogens with zero attached hydrogens (tertiary/aromatic N) is 2. The average Bonchev–Trinajstić information content (AvgIpc) is 3.22. The molecule has 1 aromatic carbocycles. The molecule has 1 aliphatic heterocycles. The molecular weight excluding hydrogens is 304 g/mol. The van der Waals surface area contributed by atoms with E-state index in [1.54, 1.807) is 13.2 Å². The van der Waals surface area contributed by atoms with Gasteiger partial charge < -0.3 is 14.2 Å². The van der Waals surface area contributed by atoms with Gasteiger partial charge in [0.25, 0.3) is 5.91 Å². The summed E-state index contributed by atoms with van der Waals surface area (Å²) in [7, 11) is 1.79. The molecule has 1 fully saturated rings. The molecule has 1 atom stereocenters. The molecule has 1 spiro atoms. The second-order valence-corrected chi connectivity index (χ2v) is 6.97. The summed E-state index contributed by atoms with van der Waals surface area (Å²) in [5.74, 6) is 0.260. The van der Waals surface area contributed by atoms with Crippen LogP contribution in [0.15, 0.2) is 35.0 Å². The minimum Gasteiger partial charge on any atom is -0.377 e. The van der Waals surface area contributed by atoms with E-state index >= 15 is 0 Å². The number of rotatable bonds is 2. The molecule has 5 nitrogen and oxygen atoms in total. The van der Waals surface area contributed by atoms with Crippen molar-refractivity contribution < 1.29 is 14.1 Å². The lowest BCUT2D eigenvalue weighted by Crippen LogP contribution is -2.44. The highest BCUT2D eigenvalue weighted by molar-refractivity contribution is 5.91. The van der Waals surface area contributed by atoms with Crippen molar-refractivity contribution in [2.45, 2.75) is 37.7 Å². The summed E-state index contributed by atoms with van der Waals surface area (Å²) in [4.78, 5) is 14.3. The molecule has 24 heavy (non-hydrogen) atoms. The molecule has 2 heterocycles. The second kappa shape index (κ2) is 5.74. The fourth-order valence-electron chi connectivity index (χ4n) is 4.31. The van der Waals surface area contributed by atoms with Crippen molar-refractivity contribution in [2.24, 2.45) is 0 Å². The number of aromatic nitrogens is 1. The quantitative estimate of drug-likeness (QED) is 0.850. The van der Waals surface area contributed by atoms with Gasteiger partial charge in [0.2, 0.25) is 5.76 Å². The maximum absolute atomic E-state index is 12.4. The first-order valence-corrected chi connectivity index (χ1v) is 8.47. The van der Waals surface area contributed by atoms with Crippen molar-refractivity contribution in [3.05, 3.63) is 52.9 Å². The van der Waals surface area contributed by atoms with E-state index in [0.717, 1.165) is 32.4 Å². The number of hydrogen-bond donors (Lipinski definition) is 0. The van der Waals surface area contributed by atoms with Crippen molar-refractivity contribution in [3.8, 4) is 0 Å². The number of likely N-dealkylation sites (tertiary alicyclic amines) is 1. The Morgan fingerprint density at radius 2 is 2.12 bits per heavy atom. The number of ether oxygens (including phenoxy) is 1. The zero-order valence-electron chi connectivity index (χ0n) is 14.1. The first-order chi connectivity index (χ1) is 11.6. The van der Waals surface area contributed by atoms with Gasteiger partial charge in [-0.15, -0.1) is 0 Å². The number of hydrogen-bond acceptors (Lipinski definition) is 4. The summed E-state index contributed by atoms with van der Waals surface area (Å²) in [6.07, 6.45) is 4.60.